The molecule has 11 heteroatoms. The second-order valence-corrected chi connectivity index (χ2v) is 11.9. The number of likely N-dealkylation sites (tertiary alicyclic amines) is 1. The lowest BCUT2D eigenvalue weighted by Crippen LogP contribution is -2.52. The van der Waals surface area contributed by atoms with Gasteiger partial charge in [0.1, 0.15) is 30.6 Å². The number of aromatic nitrogens is 1. The second-order valence-electron chi connectivity index (χ2n) is 11.1. The van der Waals surface area contributed by atoms with Gasteiger partial charge in [0, 0.05) is 43.7 Å². The van der Waals surface area contributed by atoms with E-state index in [1.807, 2.05) is 19.2 Å². The number of carbonyl (C=O) groups is 3. The van der Waals surface area contributed by atoms with E-state index in [0.29, 0.717) is 17.7 Å². The predicted molar refractivity (Wildman–Crippen MR) is 150 cm³/mol. The highest BCUT2D eigenvalue weighted by Gasteiger charge is 2.52. The van der Waals surface area contributed by atoms with Crippen LogP contribution < -0.4 is 10.2 Å². The first-order valence-electron chi connectivity index (χ1n) is 13.6. The minimum absolute atomic E-state index is 0.0537. The third-order valence-corrected chi connectivity index (χ3v) is 8.67. The van der Waals surface area contributed by atoms with Gasteiger partial charge in [-0.05, 0) is 31.5 Å². The van der Waals surface area contributed by atoms with Gasteiger partial charge >= 0.3 is 0 Å². The van der Waals surface area contributed by atoms with Gasteiger partial charge in [-0.3, -0.25) is 14.4 Å². The predicted octanol–water partition coefficient (Wildman–Crippen LogP) is 2.27. The summed E-state index contributed by atoms with van der Waals surface area (Å²) in [5.41, 5.74) is 1.05. The van der Waals surface area contributed by atoms with Crippen molar-refractivity contribution in [3.8, 4) is 23.6 Å². The van der Waals surface area contributed by atoms with Gasteiger partial charge in [0.2, 0.25) is 5.91 Å². The van der Waals surface area contributed by atoms with Gasteiger partial charge in [0.05, 0.1) is 17.2 Å². The zero-order valence-electron chi connectivity index (χ0n) is 22.9. The van der Waals surface area contributed by atoms with Crippen LogP contribution in [0.1, 0.15) is 30.6 Å². The van der Waals surface area contributed by atoms with Crippen LogP contribution >= 0.6 is 11.3 Å². The first-order valence-corrected chi connectivity index (χ1v) is 14.4. The topological polar surface area (TPSA) is 95.1 Å². The summed E-state index contributed by atoms with van der Waals surface area (Å²) in [6.45, 7) is 7.62. The number of hydrogen-bond acceptors (Lipinski definition) is 8. The number of anilines is 1. The van der Waals surface area contributed by atoms with E-state index in [1.54, 1.807) is 6.07 Å². The quantitative estimate of drug-likeness (QED) is 0.513. The lowest BCUT2D eigenvalue weighted by atomic mass is 10.0. The molecular formula is C29H34FN5O4S. The first kappa shape index (κ1) is 28.2. The average molecular weight is 568 g/mol. The van der Waals surface area contributed by atoms with Crippen molar-refractivity contribution in [2.24, 2.45) is 11.8 Å². The standard InChI is InChI=1S/C29H34FN5O4S/c1-5-18-14-35(25-24(36)15-39-26(18)25)28(38)22(12-17(2)3)31-27(37)20-7-6-19(13-21(20)30)23-16-40-29(32-23)34-10-8-33(4)9-11-34/h1,6-7,13,16-18,22,25-26H,8-12,14-15H2,2-4H3,(H,31,37). The van der Waals surface area contributed by atoms with Gasteiger partial charge in [-0.2, -0.15) is 0 Å². The molecule has 1 aromatic heterocycles. The maximum atomic E-state index is 15.3. The van der Waals surface area contributed by atoms with Gasteiger partial charge in [-0.1, -0.05) is 25.8 Å². The molecule has 3 aliphatic heterocycles. The number of fused-ring (bicyclic) bond motifs is 1. The van der Waals surface area contributed by atoms with Gasteiger partial charge < -0.3 is 24.8 Å². The Labute approximate surface area is 237 Å². The van der Waals surface area contributed by atoms with E-state index in [1.165, 1.54) is 28.4 Å². The number of rotatable bonds is 7. The number of benzene rings is 1. The number of terminal acetylenes is 1. The summed E-state index contributed by atoms with van der Waals surface area (Å²) >= 11 is 1.51. The van der Waals surface area contributed by atoms with E-state index < -0.39 is 41.7 Å². The Kier molecular flexibility index (Phi) is 8.21. The fourth-order valence-corrected chi connectivity index (χ4v) is 6.45. The molecule has 2 amide bonds. The minimum atomic E-state index is -0.943. The molecule has 1 aromatic carbocycles. The van der Waals surface area contributed by atoms with Crippen molar-refractivity contribution in [3.05, 3.63) is 35.0 Å². The number of piperazine rings is 1. The van der Waals surface area contributed by atoms with E-state index >= 15 is 4.39 Å². The molecule has 2 aromatic rings. The van der Waals surface area contributed by atoms with Crippen LogP contribution in [0.3, 0.4) is 0 Å². The molecular weight excluding hydrogens is 533 g/mol. The number of ketones is 1. The lowest BCUT2D eigenvalue weighted by Gasteiger charge is -2.32. The van der Waals surface area contributed by atoms with Crippen molar-refractivity contribution in [1.82, 2.24) is 20.1 Å². The summed E-state index contributed by atoms with van der Waals surface area (Å²) in [6.07, 6.45) is 5.41. The molecule has 5 rings (SSSR count). The summed E-state index contributed by atoms with van der Waals surface area (Å²) in [4.78, 5) is 49.9. The van der Waals surface area contributed by atoms with Gasteiger partial charge in [-0.25, -0.2) is 9.37 Å². The second kappa shape index (κ2) is 11.6. The molecule has 0 saturated carbocycles. The normalized spacial score (nSPS) is 23.8. The van der Waals surface area contributed by atoms with Crippen LogP contribution in [-0.2, 0) is 14.3 Å². The molecule has 3 saturated heterocycles. The highest BCUT2D eigenvalue weighted by molar-refractivity contribution is 7.14. The minimum Gasteiger partial charge on any atom is -0.366 e. The number of nitrogens with one attached hydrogen (secondary N) is 1. The van der Waals surface area contributed by atoms with Gasteiger partial charge in [-0.15, -0.1) is 17.8 Å². The van der Waals surface area contributed by atoms with Crippen molar-refractivity contribution >= 4 is 34.1 Å². The zero-order valence-corrected chi connectivity index (χ0v) is 23.7. The molecule has 212 valence electrons. The van der Waals surface area contributed by atoms with Crippen LogP contribution in [0.2, 0.25) is 0 Å². The molecule has 9 nitrogen and oxygen atoms in total. The smallest absolute Gasteiger partial charge is 0.254 e. The highest BCUT2D eigenvalue weighted by atomic mass is 32.1. The SMILES string of the molecule is C#CC1CN(C(=O)C(CC(C)C)NC(=O)c2ccc(-c3csc(N4CCN(C)CC4)n3)cc2F)C2C(=O)COC12. The van der Waals surface area contributed by atoms with Crippen LogP contribution in [0.5, 0.6) is 0 Å². The van der Waals surface area contributed by atoms with E-state index in [9.17, 15) is 14.4 Å². The number of ether oxygens (including phenoxy) is 1. The Morgan fingerprint density at radius 3 is 2.70 bits per heavy atom. The molecule has 4 heterocycles. The molecule has 0 aliphatic carbocycles. The average Bonchev–Trinajstić information content (AvgIpc) is 3.65. The molecule has 3 aliphatic rings. The van der Waals surface area contributed by atoms with Crippen molar-refractivity contribution in [2.75, 3.05) is 51.3 Å². The number of halogens is 1. The van der Waals surface area contributed by atoms with Crippen LogP contribution in [0.25, 0.3) is 11.3 Å². The summed E-state index contributed by atoms with van der Waals surface area (Å²) in [5.74, 6) is 0.258. The zero-order chi connectivity index (χ0) is 28.6. The van der Waals surface area contributed by atoms with Crippen molar-refractivity contribution in [2.45, 2.75) is 38.5 Å². The Balaban J connectivity index is 1.30. The van der Waals surface area contributed by atoms with Gasteiger partial charge in [0.25, 0.3) is 5.91 Å². The molecule has 4 atom stereocenters. The first-order chi connectivity index (χ1) is 19.2. The summed E-state index contributed by atoms with van der Waals surface area (Å²) in [6, 6.07) is 2.68. The monoisotopic (exact) mass is 567 g/mol. The van der Waals surface area contributed by atoms with E-state index in [4.69, 9.17) is 16.1 Å². The summed E-state index contributed by atoms with van der Waals surface area (Å²) in [7, 11) is 2.09. The Hall–Kier alpha value is -3.33. The molecule has 1 N–H and O–H groups in total. The largest absolute Gasteiger partial charge is 0.366 e. The van der Waals surface area contributed by atoms with E-state index in [2.05, 4.69) is 28.1 Å². The van der Waals surface area contributed by atoms with Crippen LogP contribution in [0, 0.1) is 30.0 Å². The maximum Gasteiger partial charge on any atom is 0.254 e. The van der Waals surface area contributed by atoms with Crippen LogP contribution in [0.15, 0.2) is 23.6 Å². The van der Waals surface area contributed by atoms with Crippen LogP contribution in [-0.4, -0.2) is 96.9 Å². The Bertz CT molecular complexity index is 1330. The fourth-order valence-electron chi connectivity index (χ4n) is 5.56. The maximum absolute atomic E-state index is 15.3. The molecule has 0 bridgehead atoms. The number of Topliss-reactive ketones (excluding diaryl/α,β-unsaturated/α-hetero) is 1. The lowest BCUT2D eigenvalue weighted by molar-refractivity contribution is -0.138. The number of carbonyl (C=O) groups excluding carboxylic acids is 3. The summed E-state index contributed by atoms with van der Waals surface area (Å²) in [5, 5.41) is 5.50. The summed E-state index contributed by atoms with van der Waals surface area (Å²) < 4.78 is 20.8. The number of nitrogens with zero attached hydrogens (tertiary/aromatic N) is 4. The molecule has 0 radical (unpaired) electrons. The number of hydrogen-bond donors (Lipinski definition) is 1. The number of thiazole rings is 1. The molecule has 0 spiro atoms. The highest BCUT2D eigenvalue weighted by Crippen LogP contribution is 2.33. The van der Waals surface area contributed by atoms with Crippen molar-refractivity contribution < 1.29 is 23.5 Å². The molecule has 3 fully saturated rings. The third kappa shape index (κ3) is 5.61. The van der Waals surface area contributed by atoms with E-state index in [-0.39, 0.29) is 30.4 Å². The molecule has 4 unspecified atom stereocenters. The van der Waals surface area contributed by atoms with Crippen molar-refractivity contribution in [3.63, 3.8) is 0 Å². The fraction of sp³-hybridized carbons (Fsp3) is 0.517. The van der Waals surface area contributed by atoms with E-state index in [0.717, 1.165) is 31.3 Å². The van der Waals surface area contributed by atoms with Gasteiger partial charge in [0.15, 0.2) is 10.9 Å². The molecule has 40 heavy (non-hydrogen) atoms. The Morgan fingerprint density at radius 1 is 1.27 bits per heavy atom. The Morgan fingerprint density at radius 2 is 2.02 bits per heavy atom. The number of likely N-dealkylation sites (N-methyl/N-ethyl adjacent to an activating group) is 1. The van der Waals surface area contributed by atoms with Crippen molar-refractivity contribution in [1.29, 1.82) is 0 Å². The van der Waals surface area contributed by atoms with Crippen LogP contribution in [0.4, 0.5) is 9.52 Å². The number of amides is 2. The third-order valence-electron chi connectivity index (χ3n) is 7.77.